The molecule has 0 spiro atoms. The average Bonchev–Trinajstić information content (AvgIpc) is 1.31. The quantitative estimate of drug-likeness (QED) is 0.386. The smallest absolute Gasteiger partial charge is 1.00 e. The summed E-state index contributed by atoms with van der Waals surface area (Å²) in [4.78, 5) is 0. The summed E-state index contributed by atoms with van der Waals surface area (Å²) in [6, 6.07) is 0. The van der Waals surface area contributed by atoms with Crippen molar-refractivity contribution in [3.05, 3.63) is 0 Å². The third kappa shape index (κ3) is 6.15. The van der Waals surface area contributed by atoms with Crippen LogP contribution >= 0.6 is 0 Å². The van der Waals surface area contributed by atoms with Crippen molar-refractivity contribution < 1.29 is 52.8 Å². The molecule has 0 aromatic rings. The van der Waals surface area contributed by atoms with Gasteiger partial charge in [0, 0.05) is 0 Å². The Hall–Kier alpha value is 2.03. The number of hydrogen-bond acceptors (Lipinski definition) is 1. The summed E-state index contributed by atoms with van der Waals surface area (Å²) in [5, 5.41) is 0. The van der Waals surface area contributed by atoms with Crippen LogP contribution in [-0.2, 0) is 0 Å². The first-order valence-corrected chi connectivity index (χ1v) is 6.96. The van der Waals surface area contributed by atoms with E-state index in [-0.39, 0.29) is 52.8 Å². The Kier molecular flexibility index (Phi) is 7.59. The molecular weight excluding hydrogens is 157 g/mol. The first-order chi connectivity index (χ1) is 2.94. The molecule has 0 bridgehead atoms. The first kappa shape index (κ1) is 12.7. The fourth-order valence-corrected chi connectivity index (χ4v) is 0. The SMILES string of the molecule is CN([SiH3])[Si](C)(C)C.[H-].[K+]. The molecule has 0 saturated carbocycles. The fourth-order valence-electron chi connectivity index (χ4n) is 0. The van der Waals surface area contributed by atoms with Gasteiger partial charge in [0.15, 0.2) is 0 Å². The summed E-state index contributed by atoms with van der Waals surface area (Å²) in [7, 11) is 2.59. The number of nitrogens with zero attached hydrogens (tertiary/aromatic N) is 1. The Morgan fingerprint density at radius 3 is 1.50 bits per heavy atom. The summed E-state index contributed by atoms with van der Waals surface area (Å²) in [5.41, 5.74) is 0. The van der Waals surface area contributed by atoms with Crippen LogP contribution in [0.4, 0.5) is 0 Å². The van der Waals surface area contributed by atoms with Crippen molar-refractivity contribution >= 4 is 18.6 Å². The maximum absolute atomic E-state index is 2.47. The molecule has 0 unspecified atom stereocenters. The van der Waals surface area contributed by atoms with E-state index in [1.807, 2.05) is 0 Å². The fraction of sp³-hybridized carbons (Fsp3) is 1.00. The standard InChI is InChI=1S/C4H15NSi2.K.H/c1-5(6)7(2,3)4;;/h1-4,6H3;;/q;+1;-1. The molecule has 0 N–H and O–H groups in total. The van der Waals surface area contributed by atoms with E-state index in [0.717, 1.165) is 0 Å². The van der Waals surface area contributed by atoms with Gasteiger partial charge in [-0.15, -0.1) is 0 Å². The molecule has 0 aromatic heterocycles. The van der Waals surface area contributed by atoms with Crippen molar-refractivity contribution in [1.82, 2.24) is 4.23 Å². The van der Waals surface area contributed by atoms with E-state index in [1.165, 1.54) is 10.4 Å². The minimum atomic E-state index is -0.840. The normalized spacial score (nSPS) is 11.6. The van der Waals surface area contributed by atoms with E-state index in [1.54, 1.807) is 0 Å². The Balaban J connectivity index is -0.000000180. The first-order valence-electron chi connectivity index (χ1n) is 2.62. The molecule has 0 rings (SSSR count). The van der Waals surface area contributed by atoms with E-state index < -0.39 is 8.24 Å². The maximum Gasteiger partial charge on any atom is 1.00 e. The van der Waals surface area contributed by atoms with Crippen LogP contribution in [0.25, 0.3) is 0 Å². The van der Waals surface area contributed by atoms with E-state index in [4.69, 9.17) is 0 Å². The van der Waals surface area contributed by atoms with E-state index >= 15 is 0 Å². The zero-order chi connectivity index (χ0) is 6.08. The van der Waals surface area contributed by atoms with Crippen LogP contribution in [0.2, 0.25) is 19.6 Å². The third-order valence-electron chi connectivity index (χ3n) is 1.34. The zero-order valence-electron chi connectivity index (χ0n) is 7.95. The minimum Gasteiger partial charge on any atom is -1.00 e. The van der Waals surface area contributed by atoms with Crippen molar-refractivity contribution in [2.45, 2.75) is 19.6 Å². The molecule has 46 valence electrons. The van der Waals surface area contributed by atoms with Gasteiger partial charge in [-0.05, 0) is 7.05 Å². The third-order valence-corrected chi connectivity index (χ3v) is 8.05. The van der Waals surface area contributed by atoms with Crippen LogP contribution < -0.4 is 51.4 Å². The van der Waals surface area contributed by atoms with Crippen LogP contribution in [-0.4, -0.2) is 29.9 Å². The van der Waals surface area contributed by atoms with Gasteiger partial charge in [0.2, 0.25) is 0 Å². The predicted molar refractivity (Wildman–Crippen MR) is 42.2 cm³/mol. The van der Waals surface area contributed by atoms with Crippen molar-refractivity contribution in [3.63, 3.8) is 0 Å². The van der Waals surface area contributed by atoms with Gasteiger partial charge >= 0.3 is 51.4 Å². The maximum atomic E-state index is 2.47. The van der Waals surface area contributed by atoms with Gasteiger partial charge in [0.05, 0.1) is 10.4 Å². The number of hydrogen-bond donors (Lipinski definition) is 0. The topological polar surface area (TPSA) is 3.24 Å². The minimum absolute atomic E-state index is 0. The Morgan fingerprint density at radius 2 is 1.50 bits per heavy atom. The summed E-state index contributed by atoms with van der Waals surface area (Å²) >= 11 is 0. The summed E-state index contributed by atoms with van der Waals surface area (Å²) in [6.07, 6.45) is 0. The zero-order valence-corrected chi connectivity index (χ0v) is 13.1. The second-order valence-corrected chi connectivity index (χ2v) is 10.5. The van der Waals surface area contributed by atoms with Gasteiger partial charge in [-0.1, -0.05) is 19.6 Å². The molecule has 0 aromatic carbocycles. The molecule has 0 aliphatic carbocycles. The van der Waals surface area contributed by atoms with Gasteiger partial charge < -0.3 is 5.66 Å². The molecular formula is C4H16KNSi2. The van der Waals surface area contributed by atoms with Gasteiger partial charge in [0.25, 0.3) is 0 Å². The number of rotatable bonds is 1. The second kappa shape index (κ2) is 4.79. The van der Waals surface area contributed by atoms with Crippen LogP contribution in [0, 0.1) is 0 Å². The second-order valence-electron chi connectivity index (χ2n) is 3.07. The van der Waals surface area contributed by atoms with Gasteiger partial charge in [-0.2, -0.15) is 0 Å². The van der Waals surface area contributed by atoms with E-state index in [2.05, 4.69) is 30.9 Å². The average molecular weight is 173 g/mol. The molecule has 0 aliphatic heterocycles. The predicted octanol–water partition coefficient (Wildman–Crippen LogP) is -2.85. The Labute approximate surface area is 101 Å². The molecule has 1 nitrogen and oxygen atoms in total. The van der Waals surface area contributed by atoms with Crippen LogP contribution in [0.15, 0.2) is 0 Å². The largest absolute Gasteiger partial charge is 1.00 e. The molecule has 0 heterocycles. The van der Waals surface area contributed by atoms with Gasteiger partial charge in [0.1, 0.15) is 8.24 Å². The molecule has 0 atom stereocenters. The van der Waals surface area contributed by atoms with Crippen molar-refractivity contribution in [2.24, 2.45) is 0 Å². The molecule has 0 saturated heterocycles. The molecule has 0 fully saturated rings. The van der Waals surface area contributed by atoms with Crippen molar-refractivity contribution in [2.75, 3.05) is 7.05 Å². The van der Waals surface area contributed by atoms with E-state index in [9.17, 15) is 0 Å². The molecule has 8 heavy (non-hydrogen) atoms. The van der Waals surface area contributed by atoms with Crippen molar-refractivity contribution in [3.8, 4) is 0 Å². The Morgan fingerprint density at radius 1 is 1.38 bits per heavy atom. The molecule has 4 heteroatoms. The van der Waals surface area contributed by atoms with Crippen LogP contribution in [0.1, 0.15) is 1.43 Å². The summed E-state index contributed by atoms with van der Waals surface area (Å²) in [6.45, 7) is 7.08. The van der Waals surface area contributed by atoms with Crippen LogP contribution in [0.3, 0.4) is 0 Å². The summed E-state index contributed by atoms with van der Waals surface area (Å²) in [5.74, 6) is 0. The van der Waals surface area contributed by atoms with Gasteiger partial charge in [-0.3, -0.25) is 0 Å². The van der Waals surface area contributed by atoms with Crippen molar-refractivity contribution in [1.29, 1.82) is 0 Å². The molecule has 0 amide bonds. The molecule has 0 radical (unpaired) electrons. The summed E-state index contributed by atoms with van der Waals surface area (Å²) < 4.78 is 2.47. The van der Waals surface area contributed by atoms with E-state index in [0.29, 0.717) is 0 Å². The van der Waals surface area contributed by atoms with Crippen LogP contribution in [0.5, 0.6) is 0 Å². The Bertz CT molecular complexity index is 64.1. The monoisotopic (exact) mass is 173 g/mol. The molecule has 0 aliphatic rings. The van der Waals surface area contributed by atoms with Gasteiger partial charge in [-0.25, -0.2) is 0 Å².